The molecule has 0 aliphatic heterocycles. The monoisotopic (exact) mass is 335 g/mol. The van der Waals surface area contributed by atoms with Crippen LogP contribution < -0.4 is 5.32 Å². The molecule has 0 atom stereocenters. The second-order valence-electron chi connectivity index (χ2n) is 3.61. The fraction of sp³-hybridized carbons (Fsp3) is 0. The topological polar surface area (TPSA) is 65.8 Å². The fourth-order valence-corrected chi connectivity index (χ4v) is 2.03. The third kappa shape index (κ3) is 3.11. The summed E-state index contributed by atoms with van der Waals surface area (Å²) in [5.41, 5.74) is 1.11. The first kappa shape index (κ1) is 13.5. The number of amides is 1. The van der Waals surface area contributed by atoms with Gasteiger partial charge in [-0.15, -0.1) is 0 Å². The van der Waals surface area contributed by atoms with Crippen LogP contribution in [0.5, 0.6) is 0 Å². The highest BCUT2D eigenvalue weighted by Gasteiger charge is 2.12. The van der Waals surface area contributed by atoms with Gasteiger partial charge in [0.25, 0.3) is 5.91 Å². The number of anilines is 1. The van der Waals surface area contributed by atoms with Crippen LogP contribution >= 0.6 is 27.5 Å². The van der Waals surface area contributed by atoms with Crippen molar-refractivity contribution in [1.29, 1.82) is 5.26 Å². The lowest BCUT2D eigenvalue weighted by atomic mass is 10.2. The first-order valence-electron chi connectivity index (χ1n) is 5.22. The van der Waals surface area contributed by atoms with Crippen LogP contribution in [0.1, 0.15) is 15.9 Å². The van der Waals surface area contributed by atoms with Gasteiger partial charge in [0.2, 0.25) is 0 Å². The average Bonchev–Trinajstić information content (AvgIpc) is 2.41. The molecule has 0 saturated heterocycles. The van der Waals surface area contributed by atoms with Crippen molar-refractivity contribution in [1.82, 2.24) is 4.98 Å². The number of halogens is 2. The summed E-state index contributed by atoms with van der Waals surface area (Å²) in [5.74, 6) is -0.383. The number of benzene rings is 1. The van der Waals surface area contributed by atoms with E-state index in [4.69, 9.17) is 16.9 Å². The van der Waals surface area contributed by atoms with Crippen LogP contribution in [0.25, 0.3) is 0 Å². The quantitative estimate of drug-likeness (QED) is 0.911. The molecule has 0 unspecified atom stereocenters. The molecule has 1 amide bonds. The maximum Gasteiger partial charge on any atom is 0.257 e. The first-order valence-corrected chi connectivity index (χ1v) is 6.39. The van der Waals surface area contributed by atoms with Gasteiger partial charge in [-0.1, -0.05) is 27.5 Å². The van der Waals surface area contributed by atoms with Crippen molar-refractivity contribution in [3.8, 4) is 6.07 Å². The smallest absolute Gasteiger partial charge is 0.257 e. The molecule has 1 heterocycles. The van der Waals surface area contributed by atoms with E-state index < -0.39 is 0 Å². The van der Waals surface area contributed by atoms with Crippen LogP contribution in [-0.4, -0.2) is 10.9 Å². The van der Waals surface area contributed by atoms with Crippen molar-refractivity contribution >= 4 is 39.1 Å². The minimum Gasteiger partial charge on any atom is -0.321 e. The molecule has 0 aliphatic carbocycles. The minimum atomic E-state index is -0.383. The number of rotatable bonds is 2. The molecule has 0 spiro atoms. The molecule has 19 heavy (non-hydrogen) atoms. The molecule has 1 aromatic heterocycles. The molecule has 0 radical (unpaired) electrons. The van der Waals surface area contributed by atoms with E-state index in [0.717, 1.165) is 4.47 Å². The van der Waals surface area contributed by atoms with Gasteiger partial charge in [-0.25, -0.2) is 0 Å². The third-order valence-corrected chi connectivity index (χ3v) is 3.16. The van der Waals surface area contributed by atoms with Crippen molar-refractivity contribution < 1.29 is 4.79 Å². The van der Waals surface area contributed by atoms with Gasteiger partial charge in [0.1, 0.15) is 6.07 Å². The van der Waals surface area contributed by atoms with Crippen molar-refractivity contribution in [2.75, 3.05) is 5.32 Å². The van der Waals surface area contributed by atoms with Crippen molar-refractivity contribution in [2.45, 2.75) is 0 Å². The van der Waals surface area contributed by atoms with Gasteiger partial charge >= 0.3 is 0 Å². The molecule has 1 N–H and O–H groups in total. The van der Waals surface area contributed by atoms with E-state index in [2.05, 4.69) is 26.2 Å². The Morgan fingerprint density at radius 1 is 1.42 bits per heavy atom. The van der Waals surface area contributed by atoms with Crippen LogP contribution in [0.3, 0.4) is 0 Å². The minimum absolute atomic E-state index is 0.260. The molecule has 2 aromatic rings. The second kappa shape index (κ2) is 5.83. The van der Waals surface area contributed by atoms with Crippen LogP contribution in [-0.2, 0) is 0 Å². The number of nitrogens with one attached hydrogen (secondary N) is 1. The van der Waals surface area contributed by atoms with Crippen LogP contribution in [0.15, 0.2) is 41.1 Å². The van der Waals surface area contributed by atoms with Gasteiger partial charge in [-0.2, -0.15) is 5.26 Å². The van der Waals surface area contributed by atoms with Crippen molar-refractivity contribution in [3.63, 3.8) is 0 Å². The SMILES string of the molecule is N#Cc1cc(Br)ccc1NC(=O)c1ccncc1Cl. The number of hydrogen-bond donors (Lipinski definition) is 1. The Morgan fingerprint density at radius 3 is 2.89 bits per heavy atom. The van der Waals surface area contributed by atoms with Gasteiger partial charge in [-0.05, 0) is 24.3 Å². The van der Waals surface area contributed by atoms with E-state index in [9.17, 15) is 4.79 Å². The summed E-state index contributed by atoms with van der Waals surface area (Å²) in [6.07, 6.45) is 2.87. The highest BCUT2D eigenvalue weighted by atomic mass is 79.9. The highest BCUT2D eigenvalue weighted by Crippen LogP contribution is 2.22. The molecule has 0 aliphatic rings. The van der Waals surface area contributed by atoms with Gasteiger partial charge in [-0.3, -0.25) is 9.78 Å². The second-order valence-corrected chi connectivity index (χ2v) is 4.93. The lowest BCUT2D eigenvalue weighted by Crippen LogP contribution is -2.13. The Balaban J connectivity index is 2.30. The molecule has 0 fully saturated rings. The zero-order valence-electron chi connectivity index (χ0n) is 9.52. The molecule has 0 saturated carbocycles. The number of nitriles is 1. The number of nitrogens with zero attached hydrogens (tertiary/aromatic N) is 2. The van der Waals surface area contributed by atoms with Gasteiger partial charge in [0.05, 0.1) is 21.8 Å². The van der Waals surface area contributed by atoms with Crippen LogP contribution in [0.4, 0.5) is 5.69 Å². The molecular formula is C13H7BrClN3O. The number of aromatic nitrogens is 1. The predicted molar refractivity (Wildman–Crippen MR) is 76.1 cm³/mol. The summed E-state index contributed by atoms with van der Waals surface area (Å²) in [6.45, 7) is 0. The van der Waals surface area contributed by atoms with E-state index >= 15 is 0 Å². The maximum absolute atomic E-state index is 12.0. The van der Waals surface area contributed by atoms with Gasteiger partial charge in [0.15, 0.2) is 0 Å². The zero-order valence-corrected chi connectivity index (χ0v) is 11.9. The van der Waals surface area contributed by atoms with Crippen molar-refractivity contribution in [3.05, 3.63) is 57.3 Å². The standard InChI is InChI=1S/C13H7BrClN3O/c14-9-1-2-12(8(5-9)6-16)18-13(19)10-3-4-17-7-11(10)15/h1-5,7H,(H,18,19). The summed E-state index contributed by atoms with van der Waals surface area (Å²) in [4.78, 5) is 15.9. The Morgan fingerprint density at radius 2 is 2.21 bits per heavy atom. The van der Waals surface area contributed by atoms with Crippen molar-refractivity contribution in [2.24, 2.45) is 0 Å². The Hall–Kier alpha value is -1.90. The predicted octanol–water partition coefficient (Wildman–Crippen LogP) is 3.62. The summed E-state index contributed by atoms with van der Waals surface area (Å²) in [5, 5.41) is 11.9. The lowest BCUT2D eigenvalue weighted by Gasteiger charge is -2.08. The number of carbonyl (C=O) groups is 1. The Labute approximate surface area is 123 Å². The summed E-state index contributed by atoms with van der Waals surface area (Å²) < 4.78 is 0.768. The number of pyridine rings is 1. The highest BCUT2D eigenvalue weighted by molar-refractivity contribution is 9.10. The van der Waals surface area contributed by atoms with Crippen LogP contribution in [0, 0.1) is 11.3 Å². The number of carbonyl (C=O) groups excluding carboxylic acids is 1. The average molecular weight is 337 g/mol. The van der Waals surface area contributed by atoms with Crippen LogP contribution in [0.2, 0.25) is 5.02 Å². The molecule has 6 heteroatoms. The van der Waals surface area contributed by atoms with E-state index in [1.807, 2.05) is 6.07 Å². The van der Waals surface area contributed by atoms with E-state index in [1.54, 1.807) is 18.2 Å². The molecule has 4 nitrogen and oxygen atoms in total. The summed E-state index contributed by atoms with van der Waals surface area (Å²) >= 11 is 9.16. The normalized spacial score (nSPS) is 9.74. The maximum atomic E-state index is 12.0. The molecule has 1 aromatic carbocycles. The lowest BCUT2D eigenvalue weighted by molar-refractivity contribution is 0.102. The zero-order chi connectivity index (χ0) is 13.8. The Kier molecular flexibility index (Phi) is 4.15. The Bertz CT molecular complexity index is 682. The molecule has 94 valence electrons. The van der Waals surface area contributed by atoms with Gasteiger partial charge < -0.3 is 5.32 Å². The largest absolute Gasteiger partial charge is 0.321 e. The number of hydrogen-bond acceptors (Lipinski definition) is 3. The fourth-order valence-electron chi connectivity index (χ4n) is 1.47. The van der Waals surface area contributed by atoms with Gasteiger partial charge in [0, 0.05) is 16.9 Å². The van der Waals surface area contributed by atoms with E-state index in [-0.39, 0.29) is 10.9 Å². The van der Waals surface area contributed by atoms with E-state index in [0.29, 0.717) is 16.8 Å². The third-order valence-electron chi connectivity index (χ3n) is 2.37. The summed E-state index contributed by atoms with van der Waals surface area (Å²) in [7, 11) is 0. The van der Waals surface area contributed by atoms with E-state index in [1.165, 1.54) is 18.5 Å². The molecular weight excluding hydrogens is 330 g/mol. The molecule has 2 rings (SSSR count). The summed E-state index contributed by atoms with van der Waals surface area (Å²) in [6, 6.07) is 8.55. The molecule has 0 bridgehead atoms. The first-order chi connectivity index (χ1) is 9.11.